The highest BCUT2D eigenvalue weighted by atomic mass is 32.2. The number of fused-ring (bicyclic) bond motifs is 2. The van der Waals surface area contributed by atoms with Gasteiger partial charge in [-0.05, 0) is 87.8 Å². The van der Waals surface area contributed by atoms with Gasteiger partial charge in [-0.1, -0.05) is 36.4 Å². The van der Waals surface area contributed by atoms with E-state index in [0.29, 0.717) is 12.1 Å². The normalized spacial score (nSPS) is 11.7. The highest BCUT2D eigenvalue weighted by Crippen LogP contribution is 2.30. The van der Waals surface area contributed by atoms with Crippen LogP contribution in [0.4, 0.5) is 0 Å². The van der Waals surface area contributed by atoms with E-state index in [1.54, 1.807) is 0 Å². The summed E-state index contributed by atoms with van der Waals surface area (Å²) in [4.78, 5) is 34.6. The lowest BCUT2D eigenvalue weighted by atomic mass is 10.0. The van der Waals surface area contributed by atoms with Gasteiger partial charge in [0.25, 0.3) is 5.91 Å². The molecule has 0 unspecified atom stereocenters. The maximum absolute atomic E-state index is 12.4. The zero-order chi connectivity index (χ0) is 30.6. The number of imidazole rings is 2. The first kappa shape index (κ1) is 29.6. The Bertz CT molecular complexity index is 1890. The van der Waals surface area contributed by atoms with Gasteiger partial charge in [-0.25, -0.2) is 9.97 Å². The lowest BCUT2D eigenvalue weighted by Gasteiger charge is -2.10. The molecule has 9 heteroatoms. The molecule has 0 aliphatic rings. The van der Waals surface area contributed by atoms with Crippen molar-refractivity contribution in [2.75, 3.05) is 53.6 Å². The minimum Gasteiger partial charge on any atom is -0.351 e. The van der Waals surface area contributed by atoms with Crippen LogP contribution >= 0.6 is 11.8 Å². The Morgan fingerprint density at radius 3 is 1.70 bits per heavy atom. The fourth-order valence-corrected chi connectivity index (χ4v) is 5.99. The summed E-state index contributed by atoms with van der Waals surface area (Å²) in [6.07, 6.45) is 0. The average molecular weight is 604 g/mol. The summed E-state index contributed by atoms with van der Waals surface area (Å²) < 4.78 is 0. The van der Waals surface area contributed by atoms with Crippen molar-refractivity contribution in [1.29, 1.82) is 0 Å². The second-order valence-corrected chi connectivity index (χ2v) is 12.6. The summed E-state index contributed by atoms with van der Waals surface area (Å²) in [7, 11) is 8.17. The van der Waals surface area contributed by atoms with Gasteiger partial charge in [-0.3, -0.25) is 4.79 Å². The predicted octanol–water partition coefficient (Wildman–Crippen LogP) is 6.39. The third-order valence-electron chi connectivity index (χ3n) is 7.50. The average Bonchev–Trinajstić information content (AvgIpc) is 3.65. The number of carbonyl (C=O) groups is 1. The summed E-state index contributed by atoms with van der Waals surface area (Å²) in [5.41, 5.74) is 8.57. The molecule has 0 spiro atoms. The number of amides is 1. The van der Waals surface area contributed by atoms with E-state index >= 15 is 0 Å². The van der Waals surface area contributed by atoms with E-state index in [1.807, 2.05) is 55.0 Å². The number of rotatable bonds is 11. The zero-order valence-electron chi connectivity index (χ0n) is 25.5. The van der Waals surface area contributed by atoms with Crippen LogP contribution in [0.15, 0.2) is 89.8 Å². The van der Waals surface area contributed by atoms with E-state index in [0.717, 1.165) is 74.8 Å². The lowest BCUT2D eigenvalue weighted by Crippen LogP contribution is -2.31. The van der Waals surface area contributed by atoms with E-state index in [1.165, 1.54) is 4.90 Å². The minimum absolute atomic E-state index is 0.0724. The maximum Gasteiger partial charge on any atom is 0.251 e. The molecule has 4 aromatic carbocycles. The van der Waals surface area contributed by atoms with Crippen molar-refractivity contribution in [3.63, 3.8) is 0 Å². The van der Waals surface area contributed by atoms with Gasteiger partial charge < -0.3 is 25.1 Å². The number of likely N-dealkylation sites (N-methyl/N-ethyl adjacent to an activating group) is 1. The van der Waals surface area contributed by atoms with E-state index < -0.39 is 0 Å². The molecule has 6 rings (SSSR count). The Balaban J connectivity index is 1.17. The third-order valence-corrected chi connectivity index (χ3v) is 8.49. The van der Waals surface area contributed by atoms with E-state index in [4.69, 9.17) is 9.97 Å². The fourth-order valence-electron chi connectivity index (χ4n) is 4.97. The summed E-state index contributed by atoms with van der Waals surface area (Å²) in [5.74, 6) is 2.63. The number of carbonyl (C=O) groups excluding carboxylic acids is 1. The SMILES string of the molecule is CN(C)CCNC(=O)c1ccc(-c2nc3cc(-c4ccc5[nH]c(-c6ccc(SCCN(C)C)cc6)nc5c4)ccc3[nH]2)cc1. The molecule has 0 atom stereocenters. The lowest BCUT2D eigenvalue weighted by molar-refractivity contribution is 0.0951. The molecule has 6 aromatic rings. The van der Waals surface area contributed by atoms with Gasteiger partial charge >= 0.3 is 0 Å². The minimum atomic E-state index is -0.0724. The molecule has 224 valence electrons. The van der Waals surface area contributed by atoms with Crippen LogP contribution in [0, 0.1) is 0 Å². The fraction of sp³-hybridized carbons (Fsp3) is 0.229. The van der Waals surface area contributed by atoms with Gasteiger partial charge in [-0.15, -0.1) is 11.8 Å². The van der Waals surface area contributed by atoms with Crippen molar-refractivity contribution in [3.8, 4) is 33.9 Å². The standard InChI is InChI=1S/C35H37N7OS/c1-41(2)18-17-36-35(43)25-7-5-23(6-8-25)33-37-29-15-11-26(21-31(29)39-33)27-12-16-30-32(22-27)40-34(38-30)24-9-13-28(14-10-24)44-20-19-42(3)4/h5-16,21-22H,17-20H2,1-4H3,(H,36,43)(H,37,39)(H,38,40). The molecule has 0 saturated carbocycles. The Morgan fingerprint density at radius 1 is 0.682 bits per heavy atom. The number of hydrogen-bond acceptors (Lipinski definition) is 6. The highest BCUT2D eigenvalue weighted by Gasteiger charge is 2.11. The molecule has 0 fully saturated rings. The Hall–Kier alpha value is -4.44. The van der Waals surface area contributed by atoms with Crippen molar-refractivity contribution in [2.45, 2.75) is 4.90 Å². The van der Waals surface area contributed by atoms with Crippen molar-refractivity contribution < 1.29 is 4.79 Å². The van der Waals surface area contributed by atoms with Gasteiger partial charge in [0.1, 0.15) is 11.6 Å². The number of hydrogen-bond donors (Lipinski definition) is 3. The van der Waals surface area contributed by atoms with Crippen molar-refractivity contribution in [1.82, 2.24) is 35.1 Å². The molecular weight excluding hydrogens is 567 g/mol. The molecule has 44 heavy (non-hydrogen) atoms. The van der Waals surface area contributed by atoms with Crippen LogP contribution in [0.1, 0.15) is 10.4 Å². The first-order chi connectivity index (χ1) is 21.3. The maximum atomic E-state index is 12.4. The van der Waals surface area contributed by atoms with Crippen LogP contribution in [-0.4, -0.2) is 89.2 Å². The summed E-state index contributed by atoms with van der Waals surface area (Å²) >= 11 is 1.87. The first-order valence-corrected chi connectivity index (χ1v) is 15.7. The molecular formula is C35H37N7OS. The Morgan fingerprint density at radius 2 is 1.18 bits per heavy atom. The van der Waals surface area contributed by atoms with E-state index in [9.17, 15) is 4.79 Å². The number of nitrogens with zero attached hydrogens (tertiary/aromatic N) is 4. The molecule has 8 nitrogen and oxygen atoms in total. The number of thioether (sulfide) groups is 1. The van der Waals surface area contributed by atoms with Crippen LogP contribution in [0.2, 0.25) is 0 Å². The van der Waals surface area contributed by atoms with Crippen LogP contribution in [0.5, 0.6) is 0 Å². The van der Waals surface area contributed by atoms with Crippen molar-refractivity contribution in [2.24, 2.45) is 0 Å². The van der Waals surface area contributed by atoms with Crippen LogP contribution in [0.25, 0.3) is 56.0 Å². The molecule has 3 N–H and O–H groups in total. The van der Waals surface area contributed by atoms with Gasteiger partial charge in [0.05, 0.1) is 22.1 Å². The molecule has 0 saturated heterocycles. The molecule has 2 heterocycles. The van der Waals surface area contributed by atoms with Gasteiger partial charge in [-0.2, -0.15) is 0 Å². The quantitative estimate of drug-likeness (QED) is 0.149. The second-order valence-electron chi connectivity index (χ2n) is 11.4. The summed E-state index contributed by atoms with van der Waals surface area (Å²) in [6, 6.07) is 28.7. The zero-order valence-corrected chi connectivity index (χ0v) is 26.3. The molecule has 0 aliphatic carbocycles. The predicted molar refractivity (Wildman–Crippen MR) is 182 cm³/mol. The molecule has 2 aromatic heterocycles. The number of nitrogens with one attached hydrogen (secondary N) is 3. The molecule has 0 radical (unpaired) electrons. The first-order valence-electron chi connectivity index (χ1n) is 14.7. The summed E-state index contributed by atoms with van der Waals surface area (Å²) in [5, 5.41) is 2.95. The number of H-pyrrole nitrogens is 2. The number of benzene rings is 4. The van der Waals surface area contributed by atoms with Gasteiger partial charge in [0.15, 0.2) is 0 Å². The molecule has 1 amide bonds. The van der Waals surface area contributed by atoms with Gasteiger partial charge in [0, 0.05) is 47.0 Å². The smallest absolute Gasteiger partial charge is 0.251 e. The Kier molecular flexibility index (Phi) is 8.79. The summed E-state index contributed by atoms with van der Waals surface area (Å²) in [6.45, 7) is 2.46. The van der Waals surface area contributed by atoms with E-state index in [-0.39, 0.29) is 5.91 Å². The van der Waals surface area contributed by atoms with Crippen molar-refractivity contribution >= 4 is 39.7 Å². The van der Waals surface area contributed by atoms with Gasteiger partial charge in [0.2, 0.25) is 0 Å². The van der Waals surface area contributed by atoms with E-state index in [2.05, 4.69) is 94.9 Å². The number of aromatic amines is 2. The molecule has 0 aliphatic heterocycles. The number of aromatic nitrogens is 4. The second kappa shape index (κ2) is 13.1. The van der Waals surface area contributed by atoms with Crippen LogP contribution < -0.4 is 5.32 Å². The van der Waals surface area contributed by atoms with Crippen LogP contribution in [0.3, 0.4) is 0 Å². The largest absolute Gasteiger partial charge is 0.351 e. The Labute approximate surface area is 261 Å². The topological polar surface area (TPSA) is 92.9 Å². The molecule has 0 bridgehead atoms. The highest BCUT2D eigenvalue weighted by molar-refractivity contribution is 7.99. The van der Waals surface area contributed by atoms with Crippen molar-refractivity contribution in [3.05, 3.63) is 90.5 Å². The third kappa shape index (κ3) is 6.86. The van der Waals surface area contributed by atoms with Crippen LogP contribution in [-0.2, 0) is 0 Å². The monoisotopic (exact) mass is 603 g/mol.